The standard InChI is InChI=1S/C17H23N3O2S/c1-12-11-19(16(21)22-17(2,3)4)9-10-20(12)15-13-7-5-6-8-14(13)23-18-15/h5-8,12H,9-11H2,1-4H3/t12-/m0/s1. The van der Waals surface area contributed by atoms with Crippen LogP contribution in [0, 0.1) is 0 Å². The van der Waals surface area contributed by atoms with E-state index in [4.69, 9.17) is 4.74 Å². The second-order valence-corrected chi connectivity index (χ2v) is 7.78. The zero-order valence-corrected chi connectivity index (χ0v) is 14.9. The topological polar surface area (TPSA) is 45.7 Å². The SMILES string of the molecule is C[C@H]1CN(C(=O)OC(C)(C)C)CCN1c1nsc2ccccc12. The third kappa shape index (κ3) is 3.42. The Kier molecular flexibility index (Phi) is 4.19. The predicted molar refractivity (Wildman–Crippen MR) is 94.2 cm³/mol. The molecule has 6 heteroatoms. The van der Waals surface area contributed by atoms with Crippen molar-refractivity contribution < 1.29 is 9.53 Å². The van der Waals surface area contributed by atoms with Crippen LogP contribution in [0.4, 0.5) is 10.6 Å². The molecule has 1 aromatic heterocycles. The first-order chi connectivity index (χ1) is 10.8. The van der Waals surface area contributed by atoms with Crippen molar-refractivity contribution >= 4 is 33.5 Å². The first kappa shape index (κ1) is 16.1. The van der Waals surface area contributed by atoms with Gasteiger partial charge in [0, 0.05) is 31.1 Å². The molecule has 0 radical (unpaired) electrons. The summed E-state index contributed by atoms with van der Waals surface area (Å²) in [6, 6.07) is 8.50. The lowest BCUT2D eigenvalue weighted by Crippen LogP contribution is -2.54. The van der Waals surface area contributed by atoms with Crippen LogP contribution < -0.4 is 4.90 Å². The summed E-state index contributed by atoms with van der Waals surface area (Å²) in [7, 11) is 0. The maximum Gasteiger partial charge on any atom is 0.410 e. The normalized spacial score (nSPS) is 19.2. The molecule has 1 aliphatic rings. The minimum Gasteiger partial charge on any atom is -0.444 e. The smallest absolute Gasteiger partial charge is 0.410 e. The second kappa shape index (κ2) is 6.00. The fourth-order valence-electron chi connectivity index (χ4n) is 2.84. The third-order valence-electron chi connectivity index (χ3n) is 3.91. The largest absolute Gasteiger partial charge is 0.444 e. The zero-order valence-electron chi connectivity index (χ0n) is 14.1. The zero-order chi connectivity index (χ0) is 16.6. The van der Waals surface area contributed by atoms with Crippen LogP contribution in [0.2, 0.25) is 0 Å². The van der Waals surface area contributed by atoms with Crippen LogP contribution in [0.3, 0.4) is 0 Å². The Hall–Kier alpha value is -1.82. The molecule has 2 aromatic rings. The van der Waals surface area contributed by atoms with Gasteiger partial charge >= 0.3 is 6.09 Å². The first-order valence-electron chi connectivity index (χ1n) is 7.94. The van der Waals surface area contributed by atoms with Gasteiger partial charge in [-0.15, -0.1) is 0 Å². The van der Waals surface area contributed by atoms with Gasteiger partial charge in [0.25, 0.3) is 0 Å². The van der Waals surface area contributed by atoms with Crippen molar-refractivity contribution in [2.75, 3.05) is 24.5 Å². The van der Waals surface area contributed by atoms with Crippen LogP contribution in [0.1, 0.15) is 27.7 Å². The van der Waals surface area contributed by atoms with Crippen LogP contribution in [-0.2, 0) is 4.74 Å². The molecule has 2 heterocycles. The molecule has 0 aliphatic carbocycles. The number of carbonyl (C=O) groups is 1. The fourth-order valence-corrected chi connectivity index (χ4v) is 3.63. The average Bonchev–Trinajstić information content (AvgIpc) is 2.89. The maximum absolute atomic E-state index is 12.2. The molecule has 0 spiro atoms. The van der Waals surface area contributed by atoms with Crippen molar-refractivity contribution in [3.63, 3.8) is 0 Å². The van der Waals surface area contributed by atoms with Crippen molar-refractivity contribution in [2.45, 2.75) is 39.3 Å². The van der Waals surface area contributed by atoms with Gasteiger partial charge in [-0.05, 0) is 51.4 Å². The van der Waals surface area contributed by atoms with Crippen LogP contribution in [0.15, 0.2) is 24.3 Å². The molecule has 1 amide bonds. The lowest BCUT2D eigenvalue weighted by atomic mass is 10.1. The van der Waals surface area contributed by atoms with E-state index in [0.717, 1.165) is 12.4 Å². The van der Waals surface area contributed by atoms with Crippen molar-refractivity contribution in [1.29, 1.82) is 0 Å². The number of benzene rings is 1. The molecular weight excluding hydrogens is 310 g/mol. The lowest BCUT2D eigenvalue weighted by molar-refractivity contribution is 0.0218. The minimum atomic E-state index is -0.456. The number of hydrogen-bond acceptors (Lipinski definition) is 5. The van der Waals surface area contributed by atoms with E-state index >= 15 is 0 Å². The Bertz CT molecular complexity index is 707. The summed E-state index contributed by atoms with van der Waals surface area (Å²) in [5.41, 5.74) is -0.456. The number of hydrogen-bond donors (Lipinski definition) is 0. The highest BCUT2D eigenvalue weighted by molar-refractivity contribution is 7.13. The van der Waals surface area contributed by atoms with Gasteiger partial charge in [-0.25, -0.2) is 4.79 Å². The van der Waals surface area contributed by atoms with Crippen LogP contribution in [0.5, 0.6) is 0 Å². The molecule has 5 nitrogen and oxygen atoms in total. The maximum atomic E-state index is 12.2. The second-order valence-electron chi connectivity index (χ2n) is 6.97. The van der Waals surface area contributed by atoms with E-state index in [1.165, 1.54) is 21.6 Å². The molecule has 23 heavy (non-hydrogen) atoms. The molecule has 1 saturated heterocycles. The summed E-state index contributed by atoms with van der Waals surface area (Å²) in [4.78, 5) is 16.3. The van der Waals surface area contributed by atoms with Gasteiger partial charge in [0.15, 0.2) is 5.82 Å². The van der Waals surface area contributed by atoms with E-state index in [9.17, 15) is 4.79 Å². The molecule has 0 unspecified atom stereocenters. The lowest BCUT2D eigenvalue weighted by Gasteiger charge is -2.40. The molecule has 1 aliphatic heterocycles. The predicted octanol–water partition coefficient (Wildman–Crippen LogP) is 3.74. The van der Waals surface area contributed by atoms with E-state index in [1.54, 1.807) is 4.90 Å². The monoisotopic (exact) mass is 333 g/mol. The summed E-state index contributed by atoms with van der Waals surface area (Å²) in [6.07, 6.45) is -0.230. The van der Waals surface area contributed by atoms with Gasteiger partial charge in [0.2, 0.25) is 0 Å². The molecular formula is C17H23N3O2S. The Morgan fingerprint density at radius 1 is 1.30 bits per heavy atom. The van der Waals surface area contributed by atoms with E-state index in [1.807, 2.05) is 32.9 Å². The van der Waals surface area contributed by atoms with Crippen molar-refractivity contribution in [3.8, 4) is 0 Å². The Morgan fingerprint density at radius 2 is 2.04 bits per heavy atom. The van der Waals surface area contributed by atoms with Crippen LogP contribution >= 0.6 is 11.5 Å². The van der Waals surface area contributed by atoms with E-state index in [-0.39, 0.29) is 12.1 Å². The van der Waals surface area contributed by atoms with Crippen LogP contribution in [0.25, 0.3) is 10.1 Å². The number of nitrogens with zero attached hydrogens (tertiary/aromatic N) is 3. The summed E-state index contributed by atoms with van der Waals surface area (Å²) in [6.45, 7) is 9.90. The van der Waals surface area contributed by atoms with Crippen molar-refractivity contribution in [2.24, 2.45) is 0 Å². The fraction of sp³-hybridized carbons (Fsp3) is 0.529. The third-order valence-corrected chi connectivity index (χ3v) is 4.73. The van der Waals surface area contributed by atoms with E-state index in [0.29, 0.717) is 13.1 Å². The van der Waals surface area contributed by atoms with Gasteiger partial charge in [-0.1, -0.05) is 12.1 Å². The number of ether oxygens (including phenoxy) is 1. The highest BCUT2D eigenvalue weighted by Crippen LogP contribution is 2.31. The van der Waals surface area contributed by atoms with Crippen molar-refractivity contribution in [1.82, 2.24) is 9.27 Å². The van der Waals surface area contributed by atoms with Gasteiger partial charge in [-0.2, -0.15) is 4.37 Å². The average molecular weight is 333 g/mol. The van der Waals surface area contributed by atoms with Gasteiger partial charge in [0.05, 0.1) is 4.70 Å². The summed E-state index contributed by atoms with van der Waals surface area (Å²) in [5.74, 6) is 1.03. The van der Waals surface area contributed by atoms with E-state index in [2.05, 4.69) is 28.3 Å². The highest BCUT2D eigenvalue weighted by Gasteiger charge is 2.31. The highest BCUT2D eigenvalue weighted by atomic mass is 32.1. The Labute approximate surface area is 141 Å². The van der Waals surface area contributed by atoms with Gasteiger partial charge < -0.3 is 14.5 Å². The molecule has 1 atom stereocenters. The van der Waals surface area contributed by atoms with E-state index < -0.39 is 5.60 Å². The number of anilines is 1. The molecule has 0 saturated carbocycles. The van der Waals surface area contributed by atoms with Crippen LogP contribution in [-0.4, -0.2) is 46.6 Å². The number of rotatable bonds is 1. The molecule has 1 aromatic carbocycles. The Balaban J connectivity index is 1.73. The summed E-state index contributed by atoms with van der Waals surface area (Å²) >= 11 is 1.53. The molecule has 124 valence electrons. The number of piperazine rings is 1. The molecule has 0 bridgehead atoms. The van der Waals surface area contributed by atoms with Gasteiger partial charge in [-0.3, -0.25) is 0 Å². The number of carbonyl (C=O) groups excluding carboxylic acids is 1. The number of amides is 1. The first-order valence-corrected chi connectivity index (χ1v) is 8.71. The summed E-state index contributed by atoms with van der Waals surface area (Å²) < 4.78 is 11.3. The van der Waals surface area contributed by atoms with Gasteiger partial charge in [0.1, 0.15) is 5.60 Å². The van der Waals surface area contributed by atoms with Crippen molar-refractivity contribution in [3.05, 3.63) is 24.3 Å². The number of fused-ring (bicyclic) bond motifs is 1. The quantitative estimate of drug-likeness (QED) is 0.797. The number of aromatic nitrogens is 1. The Morgan fingerprint density at radius 3 is 2.74 bits per heavy atom. The minimum absolute atomic E-state index is 0.210. The molecule has 1 fully saturated rings. The molecule has 0 N–H and O–H groups in total. The summed E-state index contributed by atoms with van der Waals surface area (Å²) in [5, 5.41) is 1.19. The molecule has 3 rings (SSSR count).